The summed E-state index contributed by atoms with van der Waals surface area (Å²) in [7, 11) is 0. The Morgan fingerprint density at radius 3 is 2.53 bits per heavy atom. The molecule has 2 aromatic heterocycles. The molecule has 5 rings (SSSR count). The second-order valence-electron chi connectivity index (χ2n) is 8.25. The van der Waals surface area contributed by atoms with Gasteiger partial charge >= 0.3 is 6.18 Å². The average molecular weight is 528 g/mol. The number of nitrogens with zero attached hydrogens (tertiary/aromatic N) is 5. The topological polar surface area (TPSA) is 46.3 Å². The number of benzene rings is 2. The molecular formula is C23H13ClF7N5. The first-order valence-electron chi connectivity index (χ1n) is 10.4. The van der Waals surface area contributed by atoms with E-state index in [-0.39, 0.29) is 51.6 Å². The second-order valence-corrected chi connectivity index (χ2v) is 8.68. The van der Waals surface area contributed by atoms with Crippen LogP contribution in [0.25, 0.3) is 16.7 Å². The molecule has 0 spiro atoms. The molecule has 0 atom stereocenters. The molecule has 0 aliphatic heterocycles. The quantitative estimate of drug-likeness (QED) is 0.231. The first-order valence-corrected chi connectivity index (χ1v) is 10.8. The van der Waals surface area contributed by atoms with Crippen molar-refractivity contribution in [1.82, 2.24) is 19.6 Å². The van der Waals surface area contributed by atoms with Crippen LogP contribution >= 0.6 is 11.6 Å². The molecule has 0 bridgehead atoms. The first-order chi connectivity index (χ1) is 17.0. The molecule has 2 heterocycles. The van der Waals surface area contributed by atoms with Crippen LogP contribution in [0.5, 0.6) is 0 Å². The third-order valence-electron chi connectivity index (χ3n) is 5.76. The van der Waals surface area contributed by atoms with Crippen LogP contribution in [0.1, 0.15) is 18.4 Å². The number of hydrogen-bond acceptors (Lipinski definition) is 4. The van der Waals surface area contributed by atoms with Crippen molar-refractivity contribution < 1.29 is 30.7 Å². The fourth-order valence-corrected chi connectivity index (χ4v) is 4.04. The van der Waals surface area contributed by atoms with Gasteiger partial charge in [-0.15, -0.1) is 10.2 Å². The van der Waals surface area contributed by atoms with Crippen molar-refractivity contribution >= 4 is 39.8 Å². The Hall–Kier alpha value is -3.59. The molecule has 13 heteroatoms. The van der Waals surface area contributed by atoms with Crippen molar-refractivity contribution in [1.29, 1.82) is 0 Å². The molecule has 1 saturated carbocycles. The molecular weight excluding hydrogens is 515 g/mol. The molecule has 36 heavy (non-hydrogen) atoms. The summed E-state index contributed by atoms with van der Waals surface area (Å²) in [5.41, 5.74) is -2.44. The van der Waals surface area contributed by atoms with Crippen LogP contribution in [-0.2, 0) is 0 Å². The van der Waals surface area contributed by atoms with E-state index in [1.807, 2.05) is 0 Å². The number of hydrogen-bond donors (Lipinski definition) is 0. The Bertz CT molecular complexity index is 1550. The normalized spacial score (nSPS) is 14.8. The van der Waals surface area contributed by atoms with Gasteiger partial charge in [0.2, 0.25) is 0 Å². The number of anilines is 2. The van der Waals surface area contributed by atoms with Crippen molar-refractivity contribution in [3.8, 4) is 11.8 Å². The van der Waals surface area contributed by atoms with E-state index in [9.17, 15) is 26.3 Å². The fourth-order valence-electron chi connectivity index (χ4n) is 3.84. The SMILES string of the molecule is Fc1cc(C#CC2(C(F)(F)F)CC2)cc(N(CC(F)F)c2nc3nncn3c3cc(Cl)cc(F)c23)c1. The zero-order chi connectivity index (χ0) is 25.8. The minimum atomic E-state index is -4.55. The number of alkyl halides is 5. The predicted molar refractivity (Wildman–Crippen MR) is 117 cm³/mol. The van der Waals surface area contributed by atoms with Crippen LogP contribution in [-0.4, -0.2) is 38.7 Å². The van der Waals surface area contributed by atoms with Crippen LogP contribution in [0.2, 0.25) is 5.02 Å². The summed E-state index contributed by atoms with van der Waals surface area (Å²) in [6, 6.07) is 5.22. The molecule has 1 aliphatic rings. The maximum atomic E-state index is 15.1. The molecule has 5 nitrogen and oxygen atoms in total. The summed E-state index contributed by atoms with van der Waals surface area (Å²) in [6.45, 7) is -1.04. The lowest BCUT2D eigenvalue weighted by Gasteiger charge is -2.25. The lowest BCUT2D eigenvalue weighted by molar-refractivity contribution is -0.168. The van der Waals surface area contributed by atoms with Gasteiger partial charge in [-0.3, -0.25) is 4.40 Å². The molecule has 0 N–H and O–H groups in total. The van der Waals surface area contributed by atoms with E-state index < -0.39 is 36.2 Å². The molecule has 1 fully saturated rings. The molecule has 0 amide bonds. The van der Waals surface area contributed by atoms with Gasteiger partial charge in [0.05, 0.1) is 17.4 Å². The second kappa shape index (κ2) is 8.51. The minimum absolute atomic E-state index is 0.00884. The highest BCUT2D eigenvalue weighted by molar-refractivity contribution is 6.31. The lowest BCUT2D eigenvalue weighted by atomic mass is 10.1. The van der Waals surface area contributed by atoms with E-state index in [1.165, 1.54) is 16.8 Å². The monoisotopic (exact) mass is 527 g/mol. The fraction of sp³-hybridized carbons (Fsp3) is 0.261. The highest BCUT2D eigenvalue weighted by atomic mass is 35.5. The zero-order valence-corrected chi connectivity index (χ0v) is 18.7. The van der Waals surface area contributed by atoms with E-state index in [1.54, 1.807) is 0 Å². The van der Waals surface area contributed by atoms with E-state index in [0.717, 1.165) is 29.2 Å². The largest absolute Gasteiger partial charge is 0.405 e. The van der Waals surface area contributed by atoms with Crippen molar-refractivity contribution in [3.63, 3.8) is 0 Å². The van der Waals surface area contributed by atoms with Crippen molar-refractivity contribution in [2.75, 3.05) is 11.4 Å². The average Bonchev–Trinajstić information content (AvgIpc) is 3.44. The molecule has 4 aromatic rings. The van der Waals surface area contributed by atoms with Crippen LogP contribution < -0.4 is 4.90 Å². The summed E-state index contributed by atoms with van der Waals surface area (Å²) in [6.07, 6.45) is -6.67. The number of fused-ring (bicyclic) bond motifs is 3. The summed E-state index contributed by atoms with van der Waals surface area (Å²) < 4.78 is 97.9. The van der Waals surface area contributed by atoms with Crippen LogP contribution in [0.4, 0.5) is 42.2 Å². The highest BCUT2D eigenvalue weighted by Gasteiger charge is 2.62. The third kappa shape index (κ3) is 4.28. The van der Waals surface area contributed by atoms with Crippen LogP contribution in [0.3, 0.4) is 0 Å². The Balaban J connectivity index is 1.69. The van der Waals surface area contributed by atoms with Crippen LogP contribution in [0.15, 0.2) is 36.7 Å². The molecule has 0 saturated heterocycles. The Morgan fingerprint density at radius 2 is 1.86 bits per heavy atom. The molecule has 186 valence electrons. The van der Waals surface area contributed by atoms with Crippen LogP contribution in [0, 0.1) is 28.9 Å². The van der Waals surface area contributed by atoms with E-state index in [2.05, 4.69) is 27.0 Å². The van der Waals surface area contributed by atoms with Gasteiger partial charge in [0.25, 0.3) is 12.2 Å². The predicted octanol–water partition coefficient (Wildman–Crippen LogP) is 6.31. The highest BCUT2D eigenvalue weighted by Crippen LogP contribution is 2.57. The van der Waals surface area contributed by atoms with Gasteiger partial charge in [0, 0.05) is 16.3 Å². The molecule has 2 aromatic carbocycles. The van der Waals surface area contributed by atoms with Gasteiger partial charge in [-0.05, 0) is 43.2 Å². The maximum absolute atomic E-state index is 15.1. The van der Waals surface area contributed by atoms with E-state index >= 15 is 4.39 Å². The molecule has 1 aliphatic carbocycles. The summed E-state index contributed by atoms with van der Waals surface area (Å²) in [4.78, 5) is 5.01. The molecule has 0 unspecified atom stereocenters. The Morgan fingerprint density at radius 1 is 1.11 bits per heavy atom. The number of rotatable bonds is 4. The van der Waals surface area contributed by atoms with Gasteiger partial charge in [-0.2, -0.15) is 18.2 Å². The van der Waals surface area contributed by atoms with E-state index in [0.29, 0.717) is 0 Å². The minimum Gasteiger partial charge on any atom is -0.320 e. The zero-order valence-electron chi connectivity index (χ0n) is 17.9. The van der Waals surface area contributed by atoms with Crippen molar-refractivity contribution in [2.45, 2.75) is 25.4 Å². The summed E-state index contributed by atoms with van der Waals surface area (Å²) >= 11 is 5.98. The lowest BCUT2D eigenvalue weighted by Crippen LogP contribution is -2.26. The van der Waals surface area contributed by atoms with Gasteiger partial charge in [-0.1, -0.05) is 23.4 Å². The van der Waals surface area contributed by atoms with Gasteiger partial charge in [0.1, 0.15) is 29.2 Å². The maximum Gasteiger partial charge on any atom is 0.405 e. The Labute approximate surface area is 203 Å². The summed E-state index contributed by atoms with van der Waals surface area (Å²) in [5, 5.41) is 7.26. The molecule has 0 radical (unpaired) electrons. The third-order valence-corrected chi connectivity index (χ3v) is 5.98. The smallest absolute Gasteiger partial charge is 0.320 e. The van der Waals surface area contributed by atoms with Gasteiger partial charge in [0.15, 0.2) is 0 Å². The van der Waals surface area contributed by atoms with Gasteiger partial charge < -0.3 is 4.90 Å². The number of halogens is 8. The summed E-state index contributed by atoms with van der Waals surface area (Å²) in [5.74, 6) is 2.21. The number of aromatic nitrogens is 4. The first kappa shape index (κ1) is 24.1. The standard InChI is InChI=1S/C23H13ClF7N5/c24-13-7-16(26)19-17(8-13)36-11-32-34-21(36)33-20(19)35(10-18(27)28)15-6-12(5-14(25)9-15)1-2-22(3-4-22)23(29,30)31/h5-9,11,18H,3-4,10H2. The van der Waals surface area contributed by atoms with Crippen molar-refractivity contribution in [2.24, 2.45) is 5.41 Å². The van der Waals surface area contributed by atoms with E-state index in [4.69, 9.17) is 11.6 Å². The van der Waals surface area contributed by atoms with Crippen molar-refractivity contribution in [3.05, 3.63) is 58.9 Å². The van der Waals surface area contributed by atoms with Gasteiger partial charge in [-0.25, -0.2) is 17.6 Å². The Kier molecular flexibility index (Phi) is 5.70.